The fourth-order valence-corrected chi connectivity index (χ4v) is 3.34. The van der Waals surface area contributed by atoms with Gasteiger partial charge in [-0.25, -0.2) is 9.97 Å². The van der Waals surface area contributed by atoms with Gasteiger partial charge in [0.15, 0.2) is 0 Å². The molecule has 2 heterocycles. The molecule has 5 rings (SSSR count). The Kier molecular flexibility index (Phi) is 3.10. The maximum Gasteiger partial charge on any atom is 0.234 e. The molecule has 2 aromatic heterocycles. The van der Waals surface area contributed by atoms with Crippen LogP contribution in [-0.2, 0) is 0 Å². The summed E-state index contributed by atoms with van der Waals surface area (Å²) in [5, 5.41) is 3.65. The minimum atomic E-state index is 0.687. The molecule has 0 radical (unpaired) electrons. The van der Waals surface area contributed by atoms with Gasteiger partial charge >= 0.3 is 0 Å². The van der Waals surface area contributed by atoms with Crippen molar-refractivity contribution in [2.75, 3.05) is 0 Å². The van der Waals surface area contributed by atoms with Gasteiger partial charge in [-0.2, -0.15) is 0 Å². The van der Waals surface area contributed by atoms with E-state index in [9.17, 15) is 0 Å². The van der Waals surface area contributed by atoms with E-state index in [4.69, 9.17) is 0 Å². The number of para-hydroxylation sites is 1. The lowest BCUT2D eigenvalue weighted by Gasteiger charge is -2.10. The number of hydrogen-bond acceptors (Lipinski definition) is 2. The number of fused-ring (bicyclic) bond motifs is 2. The Morgan fingerprint density at radius 2 is 1.32 bits per heavy atom. The van der Waals surface area contributed by atoms with Crippen molar-refractivity contribution in [1.29, 1.82) is 0 Å². The van der Waals surface area contributed by atoms with Gasteiger partial charge in [-0.05, 0) is 40.6 Å². The van der Waals surface area contributed by atoms with E-state index >= 15 is 0 Å². The lowest BCUT2D eigenvalue weighted by Crippen LogP contribution is -2.01. The summed E-state index contributed by atoms with van der Waals surface area (Å²) in [4.78, 5) is 8.94. The van der Waals surface area contributed by atoms with E-state index in [0.717, 1.165) is 16.8 Å². The fourth-order valence-electron chi connectivity index (χ4n) is 3.34. The summed E-state index contributed by atoms with van der Waals surface area (Å²) < 4.78 is 2.12. The van der Waals surface area contributed by atoms with Crippen molar-refractivity contribution in [1.82, 2.24) is 14.5 Å². The molecule has 3 nitrogen and oxygen atoms in total. The first kappa shape index (κ1) is 13.9. The van der Waals surface area contributed by atoms with Crippen LogP contribution in [0.2, 0.25) is 0 Å². The number of benzene rings is 3. The van der Waals surface area contributed by atoms with Crippen LogP contribution in [0.25, 0.3) is 38.9 Å². The monoisotopic (exact) mass is 321 g/mol. The van der Waals surface area contributed by atoms with Crippen LogP contribution in [0.1, 0.15) is 0 Å². The summed E-state index contributed by atoms with van der Waals surface area (Å²) in [6.07, 6.45) is 3.56. The minimum Gasteiger partial charge on any atom is -0.278 e. The van der Waals surface area contributed by atoms with Crippen molar-refractivity contribution in [3.05, 3.63) is 91.3 Å². The Bertz CT molecular complexity index is 1190. The largest absolute Gasteiger partial charge is 0.278 e. The van der Waals surface area contributed by atoms with Crippen molar-refractivity contribution < 1.29 is 0 Å². The first-order valence-corrected chi connectivity index (χ1v) is 8.27. The molecule has 0 N–H and O–H groups in total. The highest BCUT2D eigenvalue weighted by Gasteiger charge is 2.14. The molecule has 5 aromatic rings. The normalized spacial score (nSPS) is 11.2. The van der Waals surface area contributed by atoms with Gasteiger partial charge in [-0.1, -0.05) is 54.6 Å². The Morgan fingerprint density at radius 1 is 0.600 bits per heavy atom. The van der Waals surface area contributed by atoms with Gasteiger partial charge in [0.05, 0.1) is 11.2 Å². The summed E-state index contributed by atoms with van der Waals surface area (Å²) in [6, 6.07) is 27.3. The maximum atomic E-state index is 4.47. The number of nitrogens with zero attached hydrogens (tertiary/aromatic N) is 3. The van der Waals surface area contributed by atoms with E-state index in [1.54, 1.807) is 12.4 Å². The van der Waals surface area contributed by atoms with E-state index < -0.39 is 0 Å². The van der Waals surface area contributed by atoms with Gasteiger partial charge in [0.25, 0.3) is 0 Å². The summed E-state index contributed by atoms with van der Waals surface area (Å²) >= 11 is 0. The zero-order valence-electron chi connectivity index (χ0n) is 13.5. The fraction of sp³-hybridized carbons (Fsp3) is 0. The summed E-state index contributed by atoms with van der Waals surface area (Å²) in [6.45, 7) is 0. The molecule has 0 amide bonds. The highest BCUT2D eigenvalue weighted by molar-refractivity contribution is 5.92. The lowest BCUT2D eigenvalue weighted by molar-refractivity contribution is 0.968. The Balaban J connectivity index is 1.83. The molecule has 0 aliphatic rings. The van der Waals surface area contributed by atoms with Gasteiger partial charge in [-0.3, -0.25) is 4.57 Å². The quantitative estimate of drug-likeness (QED) is 0.445. The molecule has 0 aliphatic heterocycles. The molecule has 0 saturated heterocycles. The predicted octanol–water partition coefficient (Wildman–Crippen LogP) is 5.24. The molecule has 0 aliphatic carbocycles. The van der Waals surface area contributed by atoms with E-state index in [1.807, 2.05) is 12.1 Å². The zero-order chi connectivity index (χ0) is 16.6. The molecule has 0 unspecified atom stereocenters. The molecule has 3 aromatic carbocycles. The lowest BCUT2D eigenvalue weighted by atomic mass is 10.0. The smallest absolute Gasteiger partial charge is 0.234 e. The van der Waals surface area contributed by atoms with Crippen molar-refractivity contribution in [3.63, 3.8) is 0 Å². The van der Waals surface area contributed by atoms with Crippen LogP contribution >= 0.6 is 0 Å². The highest BCUT2D eigenvalue weighted by atomic mass is 15.2. The number of hydrogen-bond donors (Lipinski definition) is 0. The van der Waals surface area contributed by atoms with Gasteiger partial charge in [0.2, 0.25) is 5.95 Å². The van der Waals surface area contributed by atoms with E-state index in [2.05, 4.69) is 81.3 Å². The number of rotatable bonds is 2. The second-order valence-corrected chi connectivity index (χ2v) is 6.03. The van der Waals surface area contributed by atoms with E-state index in [0.29, 0.717) is 5.95 Å². The van der Waals surface area contributed by atoms with Crippen molar-refractivity contribution in [2.45, 2.75) is 0 Å². The number of aromatic nitrogens is 3. The Labute approximate surface area is 145 Å². The third-order valence-electron chi connectivity index (χ3n) is 4.51. The van der Waals surface area contributed by atoms with Gasteiger partial charge in [0.1, 0.15) is 0 Å². The third-order valence-corrected chi connectivity index (χ3v) is 4.51. The Morgan fingerprint density at radius 3 is 2.16 bits per heavy atom. The molecule has 118 valence electrons. The van der Waals surface area contributed by atoms with Gasteiger partial charge < -0.3 is 0 Å². The van der Waals surface area contributed by atoms with E-state index in [1.165, 1.54) is 16.2 Å². The van der Waals surface area contributed by atoms with Crippen LogP contribution in [0.3, 0.4) is 0 Å². The van der Waals surface area contributed by atoms with Crippen LogP contribution in [0.4, 0.5) is 0 Å². The summed E-state index contributed by atoms with van der Waals surface area (Å²) in [5.74, 6) is 0.687. The van der Waals surface area contributed by atoms with Gasteiger partial charge in [-0.15, -0.1) is 0 Å². The predicted molar refractivity (Wildman–Crippen MR) is 102 cm³/mol. The second-order valence-electron chi connectivity index (χ2n) is 6.03. The molecular weight excluding hydrogens is 306 g/mol. The molecule has 0 spiro atoms. The van der Waals surface area contributed by atoms with Crippen LogP contribution in [0, 0.1) is 0 Å². The zero-order valence-corrected chi connectivity index (χ0v) is 13.5. The topological polar surface area (TPSA) is 30.7 Å². The SMILES string of the molecule is c1cnc(-n2c(-c3ccc4ccccc4c3)cc3ccccc32)nc1. The van der Waals surface area contributed by atoms with Crippen molar-refractivity contribution in [2.24, 2.45) is 0 Å². The van der Waals surface area contributed by atoms with E-state index in [-0.39, 0.29) is 0 Å². The van der Waals surface area contributed by atoms with Gasteiger partial charge in [0, 0.05) is 17.8 Å². The first-order valence-electron chi connectivity index (χ1n) is 8.27. The molecular formula is C22H15N3. The minimum absolute atomic E-state index is 0.687. The summed E-state index contributed by atoms with van der Waals surface area (Å²) in [7, 11) is 0. The molecule has 25 heavy (non-hydrogen) atoms. The molecule has 0 fully saturated rings. The average molecular weight is 321 g/mol. The van der Waals surface area contributed by atoms with Crippen LogP contribution in [0.15, 0.2) is 91.3 Å². The highest BCUT2D eigenvalue weighted by Crippen LogP contribution is 2.32. The van der Waals surface area contributed by atoms with Crippen LogP contribution in [-0.4, -0.2) is 14.5 Å². The maximum absolute atomic E-state index is 4.47. The van der Waals surface area contributed by atoms with Crippen molar-refractivity contribution >= 4 is 21.7 Å². The van der Waals surface area contributed by atoms with Crippen LogP contribution < -0.4 is 0 Å². The third kappa shape index (κ3) is 2.29. The molecule has 3 heteroatoms. The average Bonchev–Trinajstić information content (AvgIpc) is 3.08. The standard InChI is InChI=1S/C22H15N3/c1-2-7-17-14-19(11-10-16(17)6-1)21-15-18-8-3-4-9-20(18)25(21)22-23-12-5-13-24-22/h1-15H. The molecule has 0 bridgehead atoms. The molecule has 0 saturated carbocycles. The first-order chi connectivity index (χ1) is 12.4. The second kappa shape index (κ2) is 5.56. The van der Waals surface area contributed by atoms with Crippen LogP contribution in [0.5, 0.6) is 0 Å². The summed E-state index contributed by atoms with van der Waals surface area (Å²) in [5.41, 5.74) is 3.36. The Hall–Kier alpha value is -3.46. The molecule has 0 atom stereocenters. The van der Waals surface area contributed by atoms with Crippen molar-refractivity contribution in [3.8, 4) is 17.2 Å².